The van der Waals surface area contributed by atoms with E-state index >= 15 is 0 Å². The third-order valence-electron chi connectivity index (χ3n) is 4.18. The lowest BCUT2D eigenvalue weighted by atomic mass is 10.0. The molecule has 1 aromatic heterocycles. The maximum Gasteiger partial charge on any atom is 0.356 e. The van der Waals surface area contributed by atoms with Gasteiger partial charge in [0.05, 0.1) is 23.6 Å². The fraction of sp³-hybridized carbons (Fsp3) is 0.370. The number of hydrogen-bond acceptors (Lipinski definition) is 3. The van der Waals surface area contributed by atoms with Crippen LogP contribution in [0.1, 0.15) is 88.5 Å². The summed E-state index contributed by atoms with van der Waals surface area (Å²) in [6.07, 6.45) is 0. The van der Waals surface area contributed by atoms with Crippen molar-refractivity contribution >= 4 is 11.7 Å². The number of carboxylic acid groups (broad SMARTS) is 1. The van der Waals surface area contributed by atoms with Crippen LogP contribution in [0.25, 0.3) is 5.69 Å². The topological polar surface area (TPSA) is 67.5 Å². The number of carbonyl (C=O) groups is 1. The van der Waals surface area contributed by atoms with Crippen LogP contribution in [-0.2, 0) is 6.54 Å². The minimum absolute atomic E-state index is 0.0698. The Morgan fingerprint density at radius 1 is 0.844 bits per heavy atom. The summed E-state index contributed by atoms with van der Waals surface area (Å²) in [4.78, 5) is 20.5. The van der Waals surface area contributed by atoms with Crippen LogP contribution >= 0.6 is 0 Å². The molecule has 0 aliphatic carbocycles. The molecule has 0 saturated carbocycles. The Morgan fingerprint density at radius 3 is 1.94 bits per heavy atom. The Kier molecular flexibility index (Phi) is 14.0. The summed E-state index contributed by atoms with van der Waals surface area (Å²) in [6, 6.07) is 17.8. The molecule has 5 nitrogen and oxygen atoms in total. The maximum atomic E-state index is 11.5. The highest BCUT2D eigenvalue weighted by molar-refractivity contribution is 6.15. The number of aromatic nitrogens is 2. The lowest BCUT2D eigenvalue weighted by Gasteiger charge is -2.12. The zero-order valence-electron chi connectivity index (χ0n) is 21.1. The Bertz CT molecular complexity index is 974. The molecule has 0 saturated heterocycles. The van der Waals surface area contributed by atoms with Crippen molar-refractivity contribution in [3.8, 4) is 5.69 Å². The van der Waals surface area contributed by atoms with E-state index < -0.39 is 5.97 Å². The van der Waals surface area contributed by atoms with E-state index in [0.717, 1.165) is 22.5 Å². The normalized spacial score (nSPS) is 10.3. The second kappa shape index (κ2) is 15.6. The Balaban J connectivity index is 0.00000109. The molecule has 0 radical (unpaired) electrons. The van der Waals surface area contributed by atoms with Crippen molar-refractivity contribution in [1.82, 2.24) is 9.55 Å². The van der Waals surface area contributed by atoms with E-state index in [0.29, 0.717) is 11.5 Å². The summed E-state index contributed by atoms with van der Waals surface area (Å²) in [5.74, 6) is -0.373. The first-order valence-corrected chi connectivity index (χ1v) is 11.7. The van der Waals surface area contributed by atoms with Crippen LogP contribution in [-0.4, -0.2) is 26.3 Å². The van der Waals surface area contributed by atoms with E-state index in [1.165, 1.54) is 0 Å². The predicted molar refractivity (Wildman–Crippen MR) is 136 cm³/mol. The van der Waals surface area contributed by atoms with Gasteiger partial charge in [0.2, 0.25) is 0 Å². The minimum atomic E-state index is -1.03. The molecule has 4 rings (SSSR count). The number of imidazole rings is 1. The SMILES string of the molecule is CC.CC.CC.CC.Cc1nc(C(=O)O)c2n1-c1ccccc1C(c1ccccc1)=NC2. The van der Waals surface area contributed by atoms with Crippen molar-refractivity contribution in [3.63, 3.8) is 0 Å². The number of para-hydroxylation sites is 1. The summed E-state index contributed by atoms with van der Waals surface area (Å²) in [7, 11) is 0. The van der Waals surface area contributed by atoms with Gasteiger partial charge in [0, 0.05) is 11.1 Å². The third-order valence-corrected chi connectivity index (χ3v) is 4.18. The van der Waals surface area contributed by atoms with Crippen molar-refractivity contribution < 1.29 is 9.90 Å². The van der Waals surface area contributed by atoms with E-state index in [-0.39, 0.29) is 12.2 Å². The number of fused-ring (bicyclic) bond motifs is 3. The van der Waals surface area contributed by atoms with Crippen molar-refractivity contribution in [1.29, 1.82) is 0 Å². The minimum Gasteiger partial charge on any atom is -0.476 e. The number of aromatic carboxylic acids is 1. The quantitative estimate of drug-likeness (QED) is 0.456. The van der Waals surface area contributed by atoms with Gasteiger partial charge in [-0.3, -0.25) is 9.56 Å². The van der Waals surface area contributed by atoms with Crippen LogP contribution in [0.3, 0.4) is 0 Å². The number of carboxylic acids is 1. The van der Waals surface area contributed by atoms with E-state index in [2.05, 4.69) is 4.98 Å². The highest BCUT2D eigenvalue weighted by Crippen LogP contribution is 2.28. The molecule has 1 N–H and O–H groups in total. The van der Waals surface area contributed by atoms with Crippen molar-refractivity contribution in [2.75, 3.05) is 0 Å². The van der Waals surface area contributed by atoms with Gasteiger partial charge in [-0.1, -0.05) is 104 Å². The van der Waals surface area contributed by atoms with Crippen LogP contribution in [0.2, 0.25) is 0 Å². The van der Waals surface area contributed by atoms with E-state index in [9.17, 15) is 9.90 Å². The summed E-state index contributed by atoms with van der Waals surface area (Å²) < 4.78 is 1.90. The van der Waals surface area contributed by atoms with Gasteiger partial charge < -0.3 is 5.11 Å². The average molecular weight is 438 g/mol. The van der Waals surface area contributed by atoms with Gasteiger partial charge in [0.1, 0.15) is 5.82 Å². The van der Waals surface area contributed by atoms with Crippen LogP contribution in [0.15, 0.2) is 59.6 Å². The fourth-order valence-electron chi connectivity index (χ4n) is 3.16. The number of benzene rings is 2. The van der Waals surface area contributed by atoms with Crippen LogP contribution in [0.4, 0.5) is 0 Å². The van der Waals surface area contributed by atoms with Gasteiger partial charge in [0.15, 0.2) is 5.69 Å². The summed E-state index contributed by atoms with van der Waals surface area (Å²) in [5.41, 5.74) is 4.44. The Morgan fingerprint density at radius 2 is 1.38 bits per heavy atom. The molecule has 0 spiro atoms. The molecule has 0 unspecified atom stereocenters. The first-order chi connectivity index (χ1) is 15.7. The van der Waals surface area contributed by atoms with Crippen LogP contribution in [0, 0.1) is 6.92 Å². The van der Waals surface area contributed by atoms with Crippen LogP contribution in [0.5, 0.6) is 0 Å². The molecule has 1 aliphatic rings. The number of hydrogen-bond donors (Lipinski definition) is 1. The third kappa shape index (κ3) is 6.39. The van der Waals surface area contributed by atoms with Gasteiger partial charge in [-0.15, -0.1) is 0 Å². The molecule has 3 aromatic rings. The molecule has 0 amide bonds. The van der Waals surface area contributed by atoms with Crippen molar-refractivity contribution in [2.24, 2.45) is 4.99 Å². The van der Waals surface area contributed by atoms with E-state index in [1.54, 1.807) is 0 Å². The second-order valence-electron chi connectivity index (χ2n) is 5.64. The first-order valence-electron chi connectivity index (χ1n) is 11.7. The Hall–Kier alpha value is -3.21. The summed E-state index contributed by atoms with van der Waals surface area (Å²) >= 11 is 0. The van der Waals surface area contributed by atoms with Gasteiger partial charge in [-0.2, -0.15) is 0 Å². The molecular formula is C27H39N3O2. The Labute approximate surface area is 193 Å². The standard InChI is InChI=1S/C19H15N3O2.4C2H6/c1-12-21-18(19(23)24)16-11-20-17(13-7-3-2-4-8-13)14-9-5-6-10-15(14)22(12)16;4*1-2/h2-10H,11H2,1H3,(H,23,24);4*1-2H3. The van der Waals surface area contributed by atoms with Gasteiger partial charge >= 0.3 is 5.97 Å². The fourth-order valence-corrected chi connectivity index (χ4v) is 3.16. The monoisotopic (exact) mass is 437 g/mol. The van der Waals surface area contributed by atoms with E-state index in [4.69, 9.17) is 4.99 Å². The van der Waals surface area contributed by atoms with Crippen molar-refractivity contribution in [2.45, 2.75) is 68.9 Å². The molecule has 32 heavy (non-hydrogen) atoms. The zero-order valence-corrected chi connectivity index (χ0v) is 21.1. The largest absolute Gasteiger partial charge is 0.476 e. The first kappa shape index (κ1) is 28.8. The summed E-state index contributed by atoms with van der Waals surface area (Å²) in [5, 5.41) is 9.45. The molecule has 174 valence electrons. The average Bonchev–Trinajstić information content (AvgIpc) is 3.11. The van der Waals surface area contributed by atoms with Crippen molar-refractivity contribution in [3.05, 3.63) is 82.9 Å². The zero-order chi connectivity index (χ0) is 24.7. The van der Waals surface area contributed by atoms with Crippen LogP contribution < -0.4 is 0 Å². The number of nitrogens with zero attached hydrogens (tertiary/aromatic N) is 3. The molecule has 2 heterocycles. The lowest BCUT2D eigenvalue weighted by Crippen LogP contribution is -2.08. The van der Waals surface area contributed by atoms with Gasteiger partial charge in [-0.05, 0) is 13.0 Å². The van der Waals surface area contributed by atoms with Gasteiger partial charge in [-0.25, -0.2) is 9.78 Å². The number of aliphatic imine (C=N–C) groups is 1. The molecule has 2 aromatic carbocycles. The molecule has 5 heteroatoms. The molecular weight excluding hydrogens is 398 g/mol. The van der Waals surface area contributed by atoms with Gasteiger partial charge in [0.25, 0.3) is 0 Å². The smallest absolute Gasteiger partial charge is 0.356 e. The van der Waals surface area contributed by atoms with E-state index in [1.807, 2.05) is 121 Å². The summed E-state index contributed by atoms with van der Waals surface area (Å²) in [6.45, 7) is 18.1. The molecule has 0 atom stereocenters. The number of aryl methyl sites for hydroxylation is 1. The molecule has 1 aliphatic heterocycles. The predicted octanol–water partition coefficient (Wildman–Crippen LogP) is 7.33. The second-order valence-corrected chi connectivity index (χ2v) is 5.64. The highest BCUT2D eigenvalue weighted by Gasteiger charge is 2.25. The maximum absolute atomic E-state index is 11.5. The molecule has 0 bridgehead atoms. The lowest BCUT2D eigenvalue weighted by molar-refractivity contribution is 0.0689. The molecule has 0 fully saturated rings. The highest BCUT2D eigenvalue weighted by atomic mass is 16.4. The number of rotatable bonds is 2.